The van der Waals surface area contributed by atoms with Crippen LogP contribution in [0.5, 0.6) is 0 Å². The zero-order valence-corrected chi connectivity index (χ0v) is 38.1. The van der Waals surface area contributed by atoms with Crippen LogP contribution in [0.2, 0.25) is 0 Å². The summed E-state index contributed by atoms with van der Waals surface area (Å²) < 4.78 is 0. The van der Waals surface area contributed by atoms with Crippen molar-refractivity contribution in [2.75, 3.05) is 6.61 Å². The number of aliphatic hydroxyl groups excluding tert-OH is 4. The standard InChI is InChI=1S/C51H99NO5/c1-3-5-7-9-11-13-15-17-19-21-23-24-25-26-27-29-31-33-35-37-39-41-43-45-49(55)51(57)52-47(46-53)50(56)48(54)44-42-40-38-36-34-32-30-28-22-20-18-16-14-12-10-8-6-4-2/h26-27,36,38,47-50,53-56H,3-25,28-35,37,39-46H2,1-2H3,(H,52,57)/b27-26-,38-36+. The predicted octanol–water partition coefficient (Wildman–Crippen LogP) is 13.9. The molecular formula is C51H99NO5. The van der Waals surface area contributed by atoms with Crippen LogP contribution in [0.3, 0.4) is 0 Å². The van der Waals surface area contributed by atoms with Gasteiger partial charge in [0.05, 0.1) is 18.8 Å². The third-order valence-electron chi connectivity index (χ3n) is 11.9. The molecule has 57 heavy (non-hydrogen) atoms. The van der Waals surface area contributed by atoms with Crippen LogP contribution in [0.1, 0.15) is 264 Å². The smallest absolute Gasteiger partial charge is 0.249 e. The van der Waals surface area contributed by atoms with Crippen molar-refractivity contribution in [3.63, 3.8) is 0 Å². The molecule has 0 rings (SSSR count). The molecule has 0 aliphatic heterocycles. The van der Waals surface area contributed by atoms with Crippen LogP contribution in [-0.2, 0) is 4.79 Å². The average Bonchev–Trinajstić information content (AvgIpc) is 3.22. The number of allylic oxidation sites excluding steroid dienone is 4. The van der Waals surface area contributed by atoms with E-state index in [1.54, 1.807) is 0 Å². The lowest BCUT2D eigenvalue weighted by atomic mass is 10.00. The second-order valence-corrected chi connectivity index (χ2v) is 17.5. The van der Waals surface area contributed by atoms with Gasteiger partial charge in [0.25, 0.3) is 0 Å². The molecule has 0 spiro atoms. The van der Waals surface area contributed by atoms with Crippen molar-refractivity contribution in [3.05, 3.63) is 24.3 Å². The van der Waals surface area contributed by atoms with E-state index < -0.39 is 36.9 Å². The summed E-state index contributed by atoms with van der Waals surface area (Å²) in [6, 6.07) is -1.00. The van der Waals surface area contributed by atoms with E-state index in [0.29, 0.717) is 12.8 Å². The Kier molecular flexibility index (Phi) is 44.9. The van der Waals surface area contributed by atoms with Crippen molar-refractivity contribution in [3.8, 4) is 0 Å². The molecule has 0 bridgehead atoms. The minimum Gasteiger partial charge on any atom is -0.394 e. The Morgan fingerprint density at radius 3 is 1.05 bits per heavy atom. The highest BCUT2D eigenvalue weighted by atomic mass is 16.3. The monoisotopic (exact) mass is 806 g/mol. The van der Waals surface area contributed by atoms with Gasteiger partial charge in [-0.2, -0.15) is 0 Å². The van der Waals surface area contributed by atoms with Gasteiger partial charge in [0.1, 0.15) is 12.2 Å². The van der Waals surface area contributed by atoms with Crippen molar-refractivity contribution < 1.29 is 25.2 Å². The summed E-state index contributed by atoms with van der Waals surface area (Å²) in [5.41, 5.74) is 0. The number of rotatable bonds is 46. The first-order valence-corrected chi connectivity index (χ1v) is 25.2. The lowest BCUT2D eigenvalue weighted by Crippen LogP contribution is -2.53. The second-order valence-electron chi connectivity index (χ2n) is 17.5. The Hall–Kier alpha value is -1.21. The molecule has 0 aromatic heterocycles. The first-order chi connectivity index (χ1) is 28.0. The normalized spacial score (nSPS) is 14.1. The number of unbranched alkanes of at least 4 members (excludes halogenated alkanes) is 33. The minimum absolute atomic E-state index is 0.359. The Morgan fingerprint density at radius 1 is 0.421 bits per heavy atom. The molecule has 338 valence electrons. The van der Waals surface area contributed by atoms with Gasteiger partial charge in [0.2, 0.25) is 5.91 Å². The van der Waals surface area contributed by atoms with Crippen molar-refractivity contribution in [1.82, 2.24) is 5.32 Å². The summed E-state index contributed by atoms with van der Waals surface area (Å²) in [4.78, 5) is 12.5. The van der Waals surface area contributed by atoms with Gasteiger partial charge in [-0.15, -0.1) is 0 Å². The summed E-state index contributed by atoms with van der Waals surface area (Å²) in [5.74, 6) is -0.594. The van der Waals surface area contributed by atoms with Crippen LogP contribution in [0, 0.1) is 0 Å². The fourth-order valence-corrected chi connectivity index (χ4v) is 7.87. The van der Waals surface area contributed by atoms with Crippen LogP contribution in [0.25, 0.3) is 0 Å². The van der Waals surface area contributed by atoms with Gasteiger partial charge in [0.15, 0.2) is 0 Å². The lowest BCUT2D eigenvalue weighted by molar-refractivity contribution is -0.132. The molecule has 6 heteroatoms. The maximum Gasteiger partial charge on any atom is 0.249 e. The SMILES string of the molecule is CCCCCCCCCCCCCC/C=C\CCCCCCCCCC(O)C(=O)NC(CO)C(O)C(O)CCC/C=C/CCCCCCCCCCCCCCC. The van der Waals surface area contributed by atoms with Gasteiger partial charge in [-0.25, -0.2) is 0 Å². The number of aliphatic hydroxyl groups is 4. The predicted molar refractivity (Wildman–Crippen MR) is 247 cm³/mol. The van der Waals surface area contributed by atoms with Gasteiger partial charge in [-0.3, -0.25) is 4.79 Å². The van der Waals surface area contributed by atoms with E-state index in [-0.39, 0.29) is 0 Å². The van der Waals surface area contributed by atoms with E-state index in [4.69, 9.17) is 0 Å². The molecule has 0 heterocycles. The molecule has 0 aromatic carbocycles. The van der Waals surface area contributed by atoms with Gasteiger partial charge in [0, 0.05) is 0 Å². The number of hydrogen-bond acceptors (Lipinski definition) is 5. The highest BCUT2D eigenvalue weighted by Gasteiger charge is 2.28. The van der Waals surface area contributed by atoms with E-state index in [1.807, 2.05) is 0 Å². The Balaban J connectivity index is 3.71. The molecule has 5 N–H and O–H groups in total. The third-order valence-corrected chi connectivity index (χ3v) is 11.9. The van der Waals surface area contributed by atoms with Crippen molar-refractivity contribution in [2.45, 2.75) is 289 Å². The van der Waals surface area contributed by atoms with Crippen LogP contribution < -0.4 is 5.32 Å². The number of carbonyl (C=O) groups excluding carboxylic acids is 1. The molecule has 0 radical (unpaired) electrons. The largest absolute Gasteiger partial charge is 0.394 e. The molecule has 0 fully saturated rings. The number of hydrogen-bond donors (Lipinski definition) is 5. The molecule has 0 saturated heterocycles. The summed E-state index contributed by atoms with van der Waals surface area (Å²) in [6.07, 6.45) is 53.7. The molecule has 4 atom stereocenters. The molecule has 6 nitrogen and oxygen atoms in total. The first kappa shape index (κ1) is 55.8. The highest BCUT2D eigenvalue weighted by molar-refractivity contribution is 5.80. The van der Waals surface area contributed by atoms with E-state index in [2.05, 4.69) is 43.5 Å². The zero-order valence-electron chi connectivity index (χ0n) is 38.1. The molecule has 0 saturated carbocycles. The third kappa shape index (κ3) is 40.0. The van der Waals surface area contributed by atoms with E-state index in [1.165, 1.54) is 199 Å². The van der Waals surface area contributed by atoms with Crippen molar-refractivity contribution in [1.29, 1.82) is 0 Å². The summed E-state index contributed by atoms with van der Waals surface area (Å²) in [7, 11) is 0. The summed E-state index contributed by atoms with van der Waals surface area (Å²) in [6.45, 7) is 4.06. The molecule has 0 aliphatic rings. The molecule has 1 amide bonds. The quantitative estimate of drug-likeness (QED) is 0.0311. The van der Waals surface area contributed by atoms with Gasteiger partial charge in [-0.05, 0) is 64.2 Å². The van der Waals surface area contributed by atoms with Gasteiger partial charge < -0.3 is 25.7 Å². The van der Waals surface area contributed by atoms with E-state index >= 15 is 0 Å². The van der Waals surface area contributed by atoms with E-state index in [0.717, 1.165) is 38.5 Å². The maximum absolute atomic E-state index is 12.5. The number of carbonyl (C=O) groups is 1. The topological polar surface area (TPSA) is 110 Å². The molecule has 4 unspecified atom stereocenters. The van der Waals surface area contributed by atoms with E-state index in [9.17, 15) is 25.2 Å². The average molecular weight is 806 g/mol. The van der Waals surface area contributed by atoms with Crippen LogP contribution in [-0.4, -0.2) is 57.3 Å². The van der Waals surface area contributed by atoms with Crippen LogP contribution >= 0.6 is 0 Å². The van der Waals surface area contributed by atoms with Crippen molar-refractivity contribution in [2.24, 2.45) is 0 Å². The summed E-state index contributed by atoms with van der Waals surface area (Å²) >= 11 is 0. The van der Waals surface area contributed by atoms with Crippen LogP contribution in [0.4, 0.5) is 0 Å². The molecule has 0 aliphatic carbocycles. The first-order valence-electron chi connectivity index (χ1n) is 25.2. The Bertz CT molecular complexity index is 863. The number of amides is 1. The Morgan fingerprint density at radius 2 is 0.719 bits per heavy atom. The summed E-state index contributed by atoms with van der Waals surface area (Å²) in [5, 5.41) is 43.8. The fraction of sp³-hybridized carbons (Fsp3) is 0.902. The van der Waals surface area contributed by atoms with Crippen molar-refractivity contribution >= 4 is 5.91 Å². The minimum atomic E-state index is -1.28. The fourth-order valence-electron chi connectivity index (χ4n) is 7.87. The maximum atomic E-state index is 12.5. The highest BCUT2D eigenvalue weighted by Crippen LogP contribution is 2.16. The molecule has 0 aromatic rings. The van der Waals surface area contributed by atoms with Gasteiger partial charge in [-0.1, -0.05) is 224 Å². The zero-order chi connectivity index (χ0) is 41.7. The Labute approximate surface area is 354 Å². The van der Waals surface area contributed by atoms with Gasteiger partial charge >= 0.3 is 0 Å². The number of nitrogens with one attached hydrogen (secondary N) is 1. The molecular weight excluding hydrogens is 707 g/mol. The van der Waals surface area contributed by atoms with Crippen LogP contribution in [0.15, 0.2) is 24.3 Å². The second kappa shape index (κ2) is 45.9. The lowest BCUT2D eigenvalue weighted by Gasteiger charge is -2.27.